The van der Waals surface area contributed by atoms with E-state index in [9.17, 15) is 4.39 Å². The molecule has 1 aromatic rings. The van der Waals surface area contributed by atoms with E-state index in [1.54, 1.807) is 6.07 Å². The van der Waals surface area contributed by atoms with Crippen LogP contribution in [0.3, 0.4) is 0 Å². The van der Waals surface area contributed by atoms with Gasteiger partial charge in [0, 0.05) is 6.54 Å². The van der Waals surface area contributed by atoms with Crippen LogP contribution in [0.5, 0.6) is 0 Å². The van der Waals surface area contributed by atoms with Crippen molar-refractivity contribution < 1.29 is 4.39 Å². The first-order chi connectivity index (χ1) is 8.71. The van der Waals surface area contributed by atoms with Gasteiger partial charge >= 0.3 is 0 Å². The molecule has 98 valence electrons. The molecule has 0 aliphatic rings. The Bertz CT molecular complexity index is 409. The van der Waals surface area contributed by atoms with Gasteiger partial charge in [0.1, 0.15) is 11.9 Å². The Balaban J connectivity index is 2.59. The van der Waals surface area contributed by atoms with E-state index in [2.05, 4.69) is 19.2 Å². The van der Waals surface area contributed by atoms with Crippen LogP contribution in [-0.2, 0) is 0 Å². The lowest BCUT2D eigenvalue weighted by molar-refractivity contribution is 0.473. The highest BCUT2D eigenvalue weighted by atomic mass is 19.1. The fourth-order valence-electron chi connectivity index (χ4n) is 1.96. The summed E-state index contributed by atoms with van der Waals surface area (Å²) in [4.78, 5) is 0. The number of benzene rings is 1. The lowest BCUT2D eigenvalue weighted by atomic mass is 9.99. The Kier molecular flexibility index (Phi) is 6.21. The topological polar surface area (TPSA) is 35.8 Å². The molecule has 1 aromatic carbocycles. The molecule has 18 heavy (non-hydrogen) atoms. The number of nitrogens with one attached hydrogen (secondary N) is 1. The largest absolute Gasteiger partial charge is 0.384 e. The van der Waals surface area contributed by atoms with Crippen molar-refractivity contribution in [2.45, 2.75) is 39.5 Å². The van der Waals surface area contributed by atoms with Crippen molar-refractivity contribution in [3.8, 4) is 6.07 Å². The average Bonchev–Trinajstić information content (AvgIpc) is 2.40. The summed E-state index contributed by atoms with van der Waals surface area (Å²) in [5, 5.41) is 12.2. The van der Waals surface area contributed by atoms with Crippen LogP contribution in [-0.4, -0.2) is 6.54 Å². The molecular formula is C15H21FN2. The fraction of sp³-hybridized carbons (Fsp3) is 0.533. The van der Waals surface area contributed by atoms with Gasteiger partial charge in [0.25, 0.3) is 0 Å². The van der Waals surface area contributed by atoms with E-state index >= 15 is 0 Å². The first-order valence-electron chi connectivity index (χ1n) is 6.64. The number of halogens is 1. The van der Waals surface area contributed by atoms with Crippen LogP contribution in [0.2, 0.25) is 0 Å². The maximum atomic E-state index is 13.0. The molecule has 0 radical (unpaired) electrons. The minimum Gasteiger partial charge on any atom is -0.384 e. The van der Waals surface area contributed by atoms with Crippen LogP contribution in [0.25, 0.3) is 0 Å². The van der Waals surface area contributed by atoms with Gasteiger partial charge in [0.15, 0.2) is 0 Å². The molecule has 0 saturated carbocycles. The third-order valence-electron chi connectivity index (χ3n) is 3.23. The zero-order chi connectivity index (χ0) is 13.4. The van der Waals surface area contributed by atoms with Gasteiger partial charge < -0.3 is 5.32 Å². The monoisotopic (exact) mass is 248 g/mol. The van der Waals surface area contributed by atoms with E-state index < -0.39 is 0 Å². The van der Waals surface area contributed by atoms with Crippen molar-refractivity contribution in [3.05, 3.63) is 29.6 Å². The maximum Gasteiger partial charge on any atom is 0.124 e. The third-order valence-corrected chi connectivity index (χ3v) is 3.23. The number of nitriles is 1. The minimum absolute atomic E-state index is 0.366. The van der Waals surface area contributed by atoms with E-state index in [1.165, 1.54) is 31.4 Å². The molecule has 0 fully saturated rings. The number of anilines is 1. The lowest BCUT2D eigenvalue weighted by Crippen LogP contribution is -2.14. The molecule has 0 aromatic heterocycles. The number of hydrogen-bond donors (Lipinski definition) is 1. The van der Waals surface area contributed by atoms with Gasteiger partial charge in [-0.15, -0.1) is 0 Å². The molecule has 1 rings (SSSR count). The standard InChI is InChI=1S/C15H21FN2/c1-3-5-6-12(4-2)11-18-15-8-7-14(16)9-13(15)10-17/h7-9,12,18H,3-6,11H2,1-2H3. The first kappa shape index (κ1) is 14.5. The summed E-state index contributed by atoms with van der Waals surface area (Å²) >= 11 is 0. The Morgan fingerprint density at radius 3 is 2.78 bits per heavy atom. The Labute approximate surface area is 109 Å². The molecule has 0 saturated heterocycles. The van der Waals surface area contributed by atoms with Crippen LogP contribution >= 0.6 is 0 Å². The zero-order valence-electron chi connectivity index (χ0n) is 11.2. The highest BCUT2D eigenvalue weighted by molar-refractivity contribution is 5.57. The molecule has 0 spiro atoms. The van der Waals surface area contributed by atoms with Crippen LogP contribution in [0, 0.1) is 23.1 Å². The zero-order valence-corrected chi connectivity index (χ0v) is 11.2. The van der Waals surface area contributed by atoms with Crippen LogP contribution < -0.4 is 5.32 Å². The molecule has 0 aliphatic heterocycles. The van der Waals surface area contributed by atoms with Gasteiger partial charge in [0.2, 0.25) is 0 Å². The predicted molar refractivity (Wildman–Crippen MR) is 72.9 cm³/mol. The first-order valence-corrected chi connectivity index (χ1v) is 6.64. The van der Waals surface area contributed by atoms with Crippen molar-refractivity contribution in [2.75, 3.05) is 11.9 Å². The van der Waals surface area contributed by atoms with Gasteiger partial charge in [-0.05, 0) is 30.5 Å². The molecule has 3 heteroatoms. The second kappa shape index (κ2) is 7.71. The minimum atomic E-state index is -0.366. The second-order valence-corrected chi connectivity index (χ2v) is 4.60. The fourth-order valence-corrected chi connectivity index (χ4v) is 1.96. The molecule has 0 heterocycles. The van der Waals surface area contributed by atoms with Crippen molar-refractivity contribution in [2.24, 2.45) is 5.92 Å². The van der Waals surface area contributed by atoms with E-state index in [0.717, 1.165) is 18.7 Å². The summed E-state index contributed by atoms with van der Waals surface area (Å²) in [7, 11) is 0. The summed E-state index contributed by atoms with van der Waals surface area (Å²) in [6.07, 6.45) is 4.75. The van der Waals surface area contributed by atoms with Gasteiger partial charge in [-0.25, -0.2) is 4.39 Å². The summed E-state index contributed by atoms with van der Waals surface area (Å²) < 4.78 is 13.0. The molecule has 2 nitrogen and oxygen atoms in total. The number of rotatable bonds is 7. The van der Waals surface area contributed by atoms with E-state index in [0.29, 0.717) is 11.5 Å². The Morgan fingerprint density at radius 1 is 1.39 bits per heavy atom. The molecule has 0 aliphatic carbocycles. The van der Waals surface area contributed by atoms with Crippen LogP contribution in [0.1, 0.15) is 45.1 Å². The van der Waals surface area contributed by atoms with Crippen LogP contribution in [0.15, 0.2) is 18.2 Å². The number of nitrogens with zero attached hydrogens (tertiary/aromatic N) is 1. The molecule has 0 amide bonds. The molecule has 0 bridgehead atoms. The molecule has 1 atom stereocenters. The smallest absolute Gasteiger partial charge is 0.124 e. The maximum absolute atomic E-state index is 13.0. The highest BCUT2D eigenvalue weighted by Gasteiger charge is 2.08. The Morgan fingerprint density at radius 2 is 2.17 bits per heavy atom. The van der Waals surface area contributed by atoms with Gasteiger partial charge in [0.05, 0.1) is 11.3 Å². The predicted octanol–water partition coefficient (Wildman–Crippen LogP) is 4.33. The summed E-state index contributed by atoms with van der Waals surface area (Å²) in [6.45, 7) is 5.21. The quantitative estimate of drug-likeness (QED) is 0.779. The van der Waals surface area contributed by atoms with Crippen molar-refractivity contribution in [1.82, 2.24) is 0 Å². The Hall–Kier alpha value is -1.56. The highest BCUT2D eigenvalue weighted by Crippen LogP contribution is 2.18. The number of unbranched alkanes of at least 4 members (excludes halogenated alkanes) is 1. The van der Waals surface area contributed by atoms with Crippen LogP contribution in [0.4, 0.5) is 10.1 Å². The third kappa shape index (κ3) is 4.37. The van der Waals surface area contributed by atoms with Crippen molar-refractivity contribution in [3.63, 3.8) is 0 Å². The molecule has 1 unspecified atom stereocenters. The van der Waals surface area contributed by atoms with E-state index in [1.807, 2.05) is 6.07 Å². The SMILES string of the molecule is CCCCC(CC)CNc1ccc(F)cc1C#N. The second-order valence-electron chi connectivity index (χ2n) is 4.60. The molecular weight excluding hydrogens is 227 g/mol. The van der Waals surface area contributed by atoms with Gasteiger partial charge in [-0.2, -0.15) is 5.26 Å². The van der Waals surface area contributed by atoms with Crippen molar-refractivity contribution >= 4 is 5.69 Å². The summed E-state index contributed by atoms with van der Waals surface area (Å²) in [5.41, 5.74) is 1.11. The lowest BCUT2D eigenvalue weighted by Gasteiger charge is -2.16. The van der Waals surface area contributed by atoms with E-state index in [4.69, 9.17) is 5.26 Å². The number of hydrogen-bond acceptors (Lipinski definition) is 2. The van der Waals surface area contributed by atoms with Gasteiger partial charge in [-0.1, -0.05) is 33.1 Å². The van der Waals surface area contributed by atoms with Gasteiger partial charge in [-0.3, -0.25) is 0 Å². The summed E-state index contributed by atoms with van der Waals surface area (Å²) in [6, 6.07) is 6.32. The molecule has 1 N–H and O–H groups in total. The average molecular weight is 248 g/mol. The van der Waals surface area contributed by atoms with E-state index in [-0.39, 0.29) is 5.82 Å². The summed E-state index contributed by atoms with van der Waals surface area (Å²) in [5.74, 6) is 0.247. The van der Waals surface area contributed by atoms with Crippen molar-refractivity contribution in [1.29, 1.82) is 5.26 Å². The normalized spacial score (nSPS) is 11.9.